The summed E-state index contributed by atoms with van der Waals surface area (Å²) in [5.74, 6) is 0. The quantitative estimate of drug-likeness (QED) is 0.667. The molecule has 2 aromatic rings. The van der Waals surface area contributed by atoms with Gasteiger partial charge in [-0.05, 0) is 57.0 Å². The number of anilines is 1. The van der Waals surface area contributed by atoms with Gasteiger partial charge in [0.05, 0.1) is 4.90 Å². The van der Waals surface area contributed by atoms with Crippen molar-refractivity contribution < 1.29 is 8.42 Å². The SMILES string of the molecule is C/C(=C\CN1CCCCC1)Cc1ccc(S(=O)(=O)Nc2nccs2)cc1.Cl. The van der Waals surface area contributed by atoms with Crippen molar-refractivity contribution in [1.29, 1.82) is 0 Å². The van der Waals surface area contributed by atoms with Crippen molar-refractivity contribution in [2.24, 2.45) is 0 Å². The number of piperidine rings is 1. The minimum atomic E-state index is -3.58. The third-order valence-corrected chi connectivity index (χ3v) is 6.69. The highest BCUT2D eigenvalue weighted by atomic mass is 35.5. The lowest BCUT2D eigenvalue weighted by molar-refractivity contribution is 0.251. The topological polar surface area (TPSA) is 62.3 Å². The summed E-state index contributed by atoms with van der Waals surface area (Å²) in [6.07, 6.45) is 8.67. The molecule has 0 amide bonds. The standard InChI is InChI=1S/C19H25N3O2S2.ClH/c1-16(9-13-22-11-3-2-4-12-22)15-17-5-7-18(8-6-17)26(23,24)21-19-20-10-14-25-19;/h5-10,14H,2-4,11-13,15H2,1H3,(H,20,21);1H/b16-9+;. The van der Waals surface area contributed by atoms with E-state index < -0.39 is 10.0 Å². The zero-order chi connectivity index (χ0) is 18.4. The molecule has 0 aliphatic carbocycles. The average Bonchev–Trinajstić information content (AvgIpc) is 3.14. The van der Waals surface area contributed by atoms with Crippen LogP contribution in [0.2, 0.25) is 0 Å². The van der Waals surface area contributed by atoms with Gasteiger partial charge in [-0.2, -0.15) is 0 Å². The van der Waals surface area contributed by atoms with E-state index in [0.717, 1.165) is 18.5 Å². The number of benzene rings is 1. The van der Waals surface area contributed by atoms with E-state index in [2.05, 4.69) is 27.6 Å². The molecule has 1 aromatic heterocycles. The molecule has 148 valence electrons. The molecule has 0 saturated carbocycles. The molecule has 1 aromatic carbocycles. The molecular formula is C19H26ClN3O2S2. The van der Waals surface area contributed by atoms with E-state index in [0.29, 0.717) is 5.13 Å². The van der Waals surface area contributed by atoms with Crippen molar-refractivity contribution >= 4 is 38.9 Å². The summed E-state index contributed by atoms with van der Waals surface area (Å²) >= 11 is 1.26. The van der Waals surface area contributed by atoms with Crippen molar-refractivity contribution in [2.75, 3.05) is 24.4 Å². The Labute approximate surface area is 172 Å². The number of thiazole rings is 1. The van der Waals surface area contributed by atoms with Gasteiger partial charge in [0.15, 0.2) is 5.13 Å². The lowest BCUT2D eigenvalue weighted by Gasteiger charge is -2.25. The molecule has 1 saturated heterocycles. The van der Waals surface area contributed by atoms with Crippen LogP contribution in [0.3, 0.4) is 0 Å². The van der Waals surface area contributed by atoms with E-state index in [1.54, 1.807) is 23.7 Å². The monoisotopic (exact) mass is 427 g/mol. The molecule has 1 fully saturated rings. The molecule has 27 heavy (non-hydrogen) atoms. The van der Waals surface area contributed by atoms with Crippen LogP contribution in [-0.4, -0.2) is 37.9 Å². The fourth-order valence-electron chi connectivity index (χ4n) is 3.06. The number of nitrogens with one attached hydrogen (secondary N) is 1. The summed E-state index contributed by atoms with van der Waals surface area (Å²) < 4.78 is 27.2. The number of hydrogen-bond donors (Lipinski definition) is 1. The summed E-state index contributed by atoms with van der Waals surface area (Å²) in [5.41, 5.74) is 2.43. The van der Waals surface area contributed by atoms with Crippen LogP contribution in [0.4, 0.5) is 5.13 Å². The molecule has 0 atom stereocenters. The Hall–Kier alpha value is -1.41. The van der Waals surface area contributed by atoms with E-state index in [9.17, 15) is 8.42 Å². The van der Waals surface area contributed by atoms with Gasteiger partial charge in [-0.25, -0.2) is 13.4 Å². The van der Waals surface area contributed by atoms with E-state index >= 15 is 0 Å². The van der Waals surface area contributed by atoms with Gasteiger partial charge in [-0.1, -0.05) is 30.2 Å². The molecule has 0 unspecified atom stereocenters. The van der Waals surface area contributed by atoms with Gasteiger partial charge in [0.25, 0.3) is 10.0 Å². The molecule has 1 N–H and O–H groups in total. The van der Waals surface area contributed by atoms with Gasteiger partial charge in [0.2, 0.25) is 0 Å². The highest BCUT2D eigenvalue weighted by molar-refractivity contribution is 7.93. The third kappa shape index (κ3) is 6.60. The Morgan fingerprint density at radius 2 is 1.93 bits per heavy atom. The van der Waals surface area contributed by atoms with Crippen LogP contribution in [0.15, 0.2) is 52.4 Å². The molecule has 0 radical (unpaired) electrons. The molecule has 2 heterocycles. The van der Waals surface area contributed by atoms with Crippen LogP contribution in [-0.2, 0) is 16.4 Å². The van der Waals surface area contributed by atoms with E-state index in [1.165, 1.54) is 49.3 Å². The van der Waals surface area contributed by atoms with E-state index in [-0.39, 0.29) is 17.3 Å². The number of likely N-dealkylation sites (tertiary alicyclic amines) is 1. The van der Waals surface area contributed by atoms with Crippen molar-refractivity contribution in [3.05, 3.63) is 53.1 Å². The van der Waals surface area contributed by atoms with E-state index in [1.807, 2.05) is 12.1 Å². The summed E-state index contributed by atoms with van der Waals surface area (Å²) in [6, 6.07) is 7.08. The highest BCUT2D eigenvalue weighted by Gasteiger charge is 2.15. The lowest BCUT2D eigenvalue weighted by Crippen LogP contribution is -2.29. The van der Waals surface area contributed by atoms with Gasteiger partial charge in [0, 0.05) is 18.1 Å². The number of sulfonamides is 1. The third-order valence-electron chi connectivity index (χ3n) is 4.52. The Balaban J connectivity index is 0.00000261. The number of nitrogens with zero attached hydrogens (tertiary/aromatic N) is 2. The van der Waals surface area contributed by atoms with Crippen molar-refractivity contribution in [3.63, 3.8) is 0 Å². The molecule has 8 heteroatoms. The fraction of sp³-hybridized carbons (Fsp3) is 0.421. The number of halogens is 1. The smallest absolute Gasteiger partial charge is 0.263 e. The highest BCUT2D eigenvalue weighted by Crippen LogP contribution is 2.19. The normalized spacial score (nSPS) is 16.0. The number of allylic oxidation sites excluding steroid dienone is 1. The van der Waals surface area contributed by atoms with Crippen LogP contribution in [0, 0.1) is 0 Å². The first kappa shape index (κ1) is 21.9. The summed E-state index contributed by atoms with van der Waals surface area (Å²) in [4.78, 5) is 6.71. The number of rotatable bonds is 7. The lowest BCUT2D eigenvalue weighted by atomic mass is 10.1. The second-order valence-electron chi connectivity index (χ2n) is 6.68. The summed E-state index contributed by atoms with van der Waals surface area (Å²) in [6.45, 7) is 5.54. The van der Waals surface area contributed by atoms with Crippen LogP contribution in [0.1, 0.15) is 31.7 Å². The van der Waals surface area contributed by atoms with Crippen LogP contribution in [0.25, 0.3) is 0 Å². The first-order chi connectivity index (χ1) is 12.5. The Bertz CT molecular complexity index is 828. The van der Waals surface area contributed by atoms with Gasteiger partial charge in [-0.15, -0.1) is 23.7 Å². The molecular weight excluding hydrogens is 402 g/mol. The molecule has 0 bridgehead atoms. The maximum Gasteiger partial charge on any atom is 0.263 e. The first-order valence-electron chi connectivity index (χ1n) is 8.92. The Morgan fingerprint density at radius 3 is 2.56 bits per heavy atom. The molecule has 5 nitrogen and oxygen atoms in total. The predicted octanol–water partition coefficient (Wildman–Crippen LogP) is 4.34. The van der Waals surface area contributed by atoms with Crippen molar-refractivity contribution in [2.45, 2.75) is 37.5 Å². The van der Waals surface area contributed by atoms with Crippen molar-refractivity contribution in [1.82, 2.24) is 9.88 Å². The first-order valence-corrected chi connectivity index (χ1v) is 11.3. The zero-order valence-corrected chi connectivity index (χ0v) is 17.9. The second kappa shape index (κ2) is 10.2. The molecule has 0 spiro atoms. The van der Waals surface area contributed by atoms with Gasteiger partial charge >= 0.3 is 0 Å². The van der Waals surface area contributed by atoms with Crippen molar-refractivity contribution in [3.8, 4) is 0 Å². The Morgan fingerprint density at radius 1 is 1.22 bits per heavy atom. The van der Waals surface area contributed by atoms with E-state index in [4.69, 9.17) is 0 Å². The largest absolute Gasteiger partial charge is 0.300 e. The average molecular weight is 428 g/mol. The minimum Gasteiger partial charge on any atom is -0.300 e. The zero-order valence-electron chi connectivity index (χ0n) is 15.4. The van der Waals surface area contributed by atoms with Crippen LogP contribution in [0.5, 0.6) is 0 Å². The maximum atomic E-state index is 12.3. The minimum absolute atomic E-state index is 0. The maximum absolute atomic E-state index is 12.3. The van der Waals surface area contributed by atoms with Crippen LogP contribution >= 0.6 is 23.7 Å². The van der Waals surface area contributed by atoms with Gasteiger partial charge in [-0.3, -0.25) is 9.62 Å². The molecule has 1 aliphatic heterocycles. The summed E-state index contributed by atoms with van der Waals surface area (Å²) in [7, 11) is -3.58. The van der Waals surface area contributed by atoms with Gasteiger partial charge in [0.1, 0.15) is 0 Å². The molecule has 3 rings (SSSR count). The summed E-state index contributed by atoms with van der Waals surface area (Å²) in [5, 5.41) is 2.12. The van der Waals surface area contributed by atoms with Crippen LogP contribution < -0.4 is 4.72 Å². The predicted molar refractivity (Wildman–Crippen MR) is 114 cm³/mol. The number of hydrogen-bond acceptors (Lipinski definition) is 5. The number of aromatic nitrogens is 1. The second-order valence-corrected chi connectivity index (χ2v) is 9.25. The van der Waals surface area contributed by atoms with Gasteiger partial charge < -0.3 is 0 Å². The molecule has 1 aliphatic rings. The fourth-order valence-corrected chi connectivity index (χ4v) is 4.84. The Kier molecular flexibility index (Phi) is 8.28.